The Labute approximate surface area is 101 Å². The van der Waals surface area contributed by atoms with Crippen molar-refractivity contribution in [3.63, 3.8) is 0 Å². The summed E-state index contributed by atoms with van der Waals surface area (Å²) in [5.41, 5.74) is 0.964. The lowest BCUT2D eigenvalue weighted by Crippen LogP contribution is -2.03. The number of hydrogen-bond acceptors (Lipinski definition) is 4. The van der Waals surface area contributed by atoms with Crippen molar-refractivity contribution < 1.29 is 0 Å². The number of nitrogens with one attached hydrogen (secondary N) is 1. The lowest BCUT2D eigenvalue weighted by atomic mass is 10.4. The molecule has 2 rings (SSSR count). The van der Waals surface area contributed by atoms with E-state index in [2.05, 4.69) is 31.8 Å². The molecular formula is C12H17N5. The molecule has 0 saturated heterocycles. The molecule has 5 nitrogen and oxygen atoms in total. The van der Waals surface area contributed by atoms with Gasteiger partial charge in [0.15, 0.2) is 5.82 Å². The molecule has 0 bridgehead atoms. The maximum Gasteiger partial charge on any atom is 0.179 e. The van der Waals surface area contributed by atoms with E-state index in [1.165, 1.54) is 0 Å². The van der Waals surface area contributed by atoms with Gasteiger partial charge in [0.2, 0.25) is 0 Å². The second kappa shape index (κ2) is 5.43. The molecule has 0 fully saturated rings. The highest BCUT2D eigenvalue weighted by Crippen LogP contribution is 2.16. The van der Waals surface area contributed by atoms with Gasteiger partial charge in [-0.05, 0) is 19.4 Å². The Hall–Kier alpha value is -1.91. The van der Waals surface area contributed by atoms with Gasteiger partial charge in [0, 0.05) is 19.3 Å². The fraction of sp³-hybridized carbons (Fsp3) is 0.417. The van der Waals surface area contributed by atoms with E-state index in [4.69, 9.17) is 0 Å². The summed E-state index contributed by atoms with van der Waals surface area (Å²) >= 11 is 0. The van der Waals surface area contributed by atoms with Gasteiger partial charge in [0.05, 0.1) is 12.5 Å². The number of hydrogen-bond donors (Lipinski definition) is 1. The minimum Gasteiger partial charge on any atom is -0.370 e. The lowest BCUT2D eigenvalue weighted by Gasteiger charge is -2.07. The fourth-order valence-electron chi connectivity index (χ4n) is 1.69. The molecule has 2 aromatic heterocycles. The highest BCUT2D eigenvalue weighted by molar-refractivity contribution is 5.51. The predicted molar refractivity (Wildman–Crippen MR) is 67.7 cm³/mol. The van der Waals surface area contributed by atoms with Crippen LogP contribution in [0.1, 0.15) is 20.3 Å². The van der Waals surface area contributed by atoms with Crippen molar-refractivity contribution >= 4 is 5.82 Å². The summed E-state index contributed by atoms with van der Waals surface area (Å²) in [4.78, 5) is 12.9. The van der Waals surface area contributed by atoms with Crippen LogP contribution in [-0.4, -0.2) is 26.1 Å². The van der Waals surface area contributed by atoms with Crippen molar-refractivity contribution in [2.24, 2.45) is 0 Å². The summed E-state index contributed by atoms with van der Waals surface area (Å²) < 4.78 is 2.07. The molecule has 0 unspecified atom stereocenters. The van der Waals surface area contributed by atoms with Crippen LogP contribution in [0.4, 0.5) is 5.82 Å². The van der Waals surface area contributed by atoms with Gasteiger partial charge in [-0.1, -0.05) is 6.92 Å². The normalized spacial score (nSPS) is 10.5. The monoisotopic (exact) mass is 231 g/mol. The number of imidazole rings is 1. The fourth-order valence-corrected chi connectivity index (χ4v) is 1.69. The van der Waals surface area contributed by atoms with Gasteiger partial charge >= 0.3 is 0 Å². The van der Waals surface area contributed by atoms with E-state index in [1.54, 1.807) is 12.4 Å². The Bertz CT molecular complexity index is 477. The maximum atomic E-state index is 4.46. The first-order valence-electron chi connectivity index (χ1n) is 5.92. The van der Waals surface area contributed by atoms with Crippen molar-refractivity contribution in [3.05, 3.63) is 24.8 Å². The van der Waals surface area contributed by atoms with E-state index in [0.717, 1.165) is 36.8 Å². The van der Waals surface area contributed by atoms with Gasteiger partial charge in [0.1, 0.15) is 11.5 Å². The molecular weight excluding hydrogens is 214 g/mol. The molecule has 0 saturated carbocycles. The molecule has 0 aliphatic heterocycles. The van der Waals surface area contributed by atoms with Crippen molar-refractivity contribution in [2.75, 3.05) is 11.9 Å². The predicted octanol–water partition coefficient (Wildman–Crippen LogP) is 2.18. The zero-order valence-electron chi connectivity index (χ0n) is 10.2. The molecule has 90 valence electrons. The van der Waals surface area contributed by atoms with Gasteiger partial charge in [-0.25, -0.2) is 15.0 Å². The summed E-state index contributed by atoms with van der Waals surface area (Å²) in [5, 5.41) is 3.18. The zero-order chi connectivity index (χ0) is 12.1. The SMILES string of the molecule is CCCn1cncc1-c1nccc(NCC)n1. The minimum absolute atomic E-state index is 0.717. The van der Waals surface area contributed by atoms with E-state index in [-0.39, 0.29) is 0 Å². The van der Waals surface area contributed by atoms with Crippen LogP contribution in [-0.2, 0) is 6.54 Å². The molecule has 0 aromatic carbocycles. The van der Waals surface area contributed by atoms with Gasteiger partial charge in [-0.3, -0.25) is 0 Å². The van der Waals surface area contributed by atoms with Crippen LogP contribution < -0.4 is 5.32 Å². The Morgan fingerprint density at radius 3 is 3.00 bits per heavy atom. The summed E-state index contributed by atoms with van der Waals surface area (Å²) in [6.07, 6.45) is 6.46. The largest absolute Gasteiger partial charge is 0.370 e. The third kappa shape index (κ3) is 2.61. The average molecular weight is 231 g/mol. The molecule has 0 amide bonds. The molecule has 5 heteroatoms. The number of rotatable bonds is 5. The first-order valence-corrected chi connectivity index (χ1v) is 5.92. The van der Waals surface area contributed by atoms with Crippen LogP contribution in [0.15, 0.2) is 24.8 Å². The van der Waals surface area contributed by atoms with Crippen LogP contribution in [0.25, 0.3) is 11.5 Å². The molecule has 2 heterocycles. The Morgan fingerprint density at radius 2 is 2.24 bits per heavy atom. The van der Waals surface area contributed by atoms with E-state index in [1.807, 2.05) is 19.3 Å². The van der Waals surface area contributed by atoms with E-state index < -0.39 is 0 Å². The van der Waals surface area contributed by atoms with E-state index in [0.29, 0.717) is 0 Å². The number of anilines is 1. The van der Waals surface area contributed by atoms with Gasteiger partial charge in [-0.15, -0.1) is 0 Å². The quantitative estimate of drug-likeness (QED) is 0.857. The molecule has 0 atom stereocenters. The highest BCUT2D eigenvalue weighted by Gasteiger charge is 2.07. The van der Waals surface area contributed by atoms with Crippen LogP contribution in [0.5, 0.6) is 0 Å². The second-order valence-electron chi connectivity index (χ2n) is 3.77. The Morgan fingerprint density at radius 1 is 1.35 bits per heavy atom. The molecule has 1 N–H and O–H groups in total. The molecule has 0 radical (unpaired) electrons. The highest BCUT2D eigenvalue weighted by atomic mass is 15.1. The molecule has 2 aromatic rings. The van der Waals surface area contributed by atoms with Crippen LogP contribution in [0.2, 0.25) is 0 Å². The first-order chi connectivity index (χ1) is 8.35. The third-order valence-electron chi connectivity index (χ3n) is 2.42. The Balaban J connectivity index is 2.31. The standard InChI is InChI=1S/C12H17N5/c1-3-7-17-9-13-8-10(17)12-15-6-5-11(16-12)14-4-2/h5-6,8-9H,3-4,7H2,1-2H3,(H,14,15,16). The molecule has 0 aliphatic carbocycles. The van der Waals surface area contributed by atoms with Crippen molar-refractivity contribution in [2.45, 2.75) is 26.8 Å². The summed E-state index contributed by atoms with van der Waals surface area (Å²) in [5.74, 6) is 1.57. The van der Waals surface area contributed by atoms with Gasteiger partial charge < -0.3 is 9.88 Å². The third-order valence-corrected chi connectivity index (χ3v) is 2.42. The molecule has 17 heavy (non-hydrogen) atoms. The van der Waals surface area contributed by atoms with Crippen molar-refractivity contribution in [1.82, 2.24) is 19.5 Å². The van der Waals surface area contributed by atoms with Crippen LogP contribution in [0.3, 0.4) is 0 Å². The van der Waals surface area contributed by atoms with Crippen LogP contribution in [0, 0.1) is 0 Å². The molecule has 0 aliphatic rings. The average Bonchev–Trinajstić information content (AvgIpc) is 2.79. The number of nitrogens with zero attached hydrogens (tertiary/aromatic N) is 4. The topological polar surface area (TPSA) is 55.6 Å². The lowest BCUT2D eigenvalue weighted by molar-refractivity contribution is 0.681. The van der Waals surface area contributed by atoms with Crippen molar-refractivity contribution in [3.8, 4) is 11.5 Å². The molecule has 0 spiro atoms. The zero-order valence-corrected chi connectivity index (χ0v) is 10.2. The van der Waals surface area contributed by atoms with Crippen molar-refractivity contribution in [1.29, 1.82) is 0 Å². The minimum atomic E-state index is 0.717. The summed E-state index contributed by atoms with van der Waals surface area (Å²) in [6, 6.07) is 1.87. The number of aryl methyl sites for hydroxylation is 1. The van der Waals surface area contributed by atoms with Gasteiger partial charge in [0.25, 0.3) is 0 Å². The smallest absolute Gasteiger partial charge is 0.179 e. The van der Waals surface area contributed by atoms with Crippen LogP contribution >= 0.6 is 0 Å². The van der Waals surface area contributed by atoms with Gasteiger partial charge in [-0.2, -0.15) is 0 Å². The second-order valence-corrected chi connectivity index (χ2v) is 3.77. The van der Waals surface area contributed by atoms with E-state index >= 15 is 0 Å². The first kappa shape index (κ1) is 11.6. The number of aromatic nitrogens is 4. The maximum absolute atomic E-state index is 4.46. The van der Waals surface area contributed by atoms with E-state index in [9.17, 15) is 0 Å². The Kier molecular flexibility index (Phi) is 3.69. The summed E-state index contributed by atoms with van der Waals surface area (Å²) in [7, 11) is 0. The summed E-state index contributed by atoms with van der Waals surface area (Å²) in [6.45, 7) is 5.97.